The molecule has 0 N–H and O–H groups in total. The molecule has 4 heteroatoms. The molecule has 140 valence electrons. The molecule has 0 radical (unpaired) electrons. The Morgan fingerprint density at radius 1 is 1.36 bits per heavy atom. The molecule has 2 aliphatic rings. The van der Waals surface area contributed by atoms with Crippen molar-refractivity contribution in [3.05, 3.63) is 12.7 Å². The molecule has 1 aliphatic carbocycles. The Kier molecular flexibility index (Phi) is 5.61. The second-order valence-electron chi connectivity index (χ2n) is 9.63. The Bertz CT molecular complexity index is 587. The summed E-state index contributed by atoms with van der Waals surface area (Å²) < 4.78 is 12.3. The van der Waals surface area contributed by atoms with Crippen LogP contribution in [0.1, 0.15) is 59.3 Å². The van der Waals surface area contributed by atoms with E-state index < -0.39 is 24.9 Å². The first-order valence-electron chi connectivity index (χ1n) is 9.49. The predicted molar refractivity (Wildman–Crippen MR) is 105 cm³/mol. The van der Waals surface area contributed by atoms with Crippen molar-refractivity contribution >= 4 is 14.0 Å². The van der Waals surface area contributed by atoms with Crippen LogP contribution in [0.2, 0.25) is 19.6 Å². The lowest BCUT2D eigenvalue weighted by molar-refractivity contribution is -0.187. The molecule has 3 nitrogen and oxygen atoms in total. The standard InChI is InChI=1S/C21H34O3Si/c1-8-20-13-10-9-12-17(20)16-21(24-20,14-11-15-25(5,6)7)18(22)23-19(2,3)4/h8,17H,1,9-10,12-14,16H2,2-7H3/t17-,20-,21+/m1/s1. The number of rotatable bonds is 3. The summed E-state index contributed by atoms with van der Waals surface area (Å²) in [5.74, 6) is 3.35. The topological polar surface area (TPSA) is 35.5 Å². The average Bonchev–Trinajstić information content (AvgIpc) is 2.80. The van der Waals surface area contributed by atoms with Crippen molar-refractivity contribution in [2.45, 2.75) is 95.7 Å². The first-order chi connectivity index (χ1) is 11.4. The van der Waals surface area contributed by atoms with E-state index in [1.54, 1.807) is 0 Å². The largest absolute Gasteiger partial charge is 0.458 e. The van der Waals surface area contributed by atoms with E-state index >= 15 is 0 Å². The molecule has 1 saturated carbocycles. The van der Waals surface area contributed by atoms with Crippen molar-refractivity contribution < 1.29 is 14.3 Å². The maximum atomic E-state index is 13.1. The fourth-order valence-corrected chi connectivity index (χ4v) is 4.51. The van der Waals surface area contributed by atoms with Crippen LogP contribution in [0.25, 0.3) is 0 Å². The molecule has 2 fully saturated rings. The van der Waals surface area contributed by atoms with Crippen LogP contribution in [0, 0.1) is 17.4 Å². The highest BCUT2D eigenvalue weighted by Crippen LogP contribution is 2.52. The Morgan fingerprint density at radius 2 is 2.04 bits per heavy atom. The minimum absolute atomic E-state index is 0.263. The average molecular weight is 363 g/mol. The molecule has 2 rings (SSSR count). The highest BCUT2D eigenvalue weighted by atomic mass is 28.3. The maximum absolute atomic E-state index is 13.1. The van der Waals surface area contributed by atoms with Crippen molar-refractivity contribution in [2.75, 3.05) is 0 Å². The lowest BCUT2D eigenvalue weighted by Gasteiger charge is -2.37. The Morgan fingerprint density at radius 3 is 2.56 bits per heavy atom. The van der Waals surface area contributed by atoms with Gasteiger partial charge in [0.2, 0.25) is 0 Å². The highest BCUT2D eigenvalue weighted by molar-refractivity contribution is 6.83. The van der Waals surface area contributed by atoms with Gasteiger partial charge in [-0.25, -0.2) is 4.79 Å². The summed E-state index contributed by atoms with van der Waals surface area (Å²) in [5.41, 5.74) is 1.50. The smallest absolute Gasteiger partial charge is 0.339 e. The number of hydrogen-bond donors (Lipinski definition) is 0. The second-order valence-corrected chi connectivity index (χ2v) is 14.4. The number of ether oxygens (including phenoxy) is 2. The normalized spacial score (nSPS) is 32.3. The van der Waals surface area contributed by atoms with Gasteiger partial charge < -0.3 is 9.47 Å². The number of esters is 1. The molecule has 0 unspecified atom stereocenters. The number of carbonyl (C=O) groups is 1. The first-order valence-corrected chi connectivity index (χ1v) is 13.0. The minimum atomic E-state index is -1.50. The van der Waals surface area contributed by atoms with Crippen molar-refractivity contribution in [1.82, 2.24) is 0 Å². The van der Waals surface area contributed by atoms with Crippen molar-refractivity contribution in [2.24, 2.45) is 5.92 Å². The quantitative estimate of drug-likeness (QED) is 0.311. The van der Waals surface area contributed by atoms with Gasteiger partial charge in [-0.15, -0.1) is 18.0 Å². The molecular formula is C21H34O3Si. The zero-order valence-corrected chi connectivity index (χ0v) is 17.8. The zero-order valence-electron chi connectivity index (χ0n) is 16.8. The Hall–Kier alpha value is -1.05. The second kappa shape index (κ2) is 6.93. The van der Waals surface area contributed by atoms with E-state index in [1.165, 1.54) is 6.42 Å². The van der Waals surface area contributed by atoms with Crippen molar-refractivity contribution in [3.8, 4) is 11.5 Å². The van der Waals surface area contributed by atoms with Gasteiger partial charge in [0, 0.05) is 6.42 Å². The molecule has 1 saturated heterocycles. The summed E-state index contributed by atoms with van der Waals surface area (Å²) in [6.45, 7) is 16.4. The van der Waals surface area contributed by atoms with Crippen LogP contribution in [-0.4, -0.2) is 30.8 Å². The maximum Gasteiger partial charge on any atom is 0.339 e. The molecule has 25 heavy (non-hydrogen) atoms. The van der Waals surface area contributed by atoms with Crippen LogP contribution in [-0.2, 0) is 14.3 Å². The Balaban J connectivity index is 2.34. The Labute approximate surface area is 154 Å². The number of fused-ring (bicyclic) bond motifs is 1. The van der Waals surface area contributed by atoms with Gasteiger partial charge in [0.15, 0.2) is 5.60 Å². The molecule has 3 atom stereocenters. The van der Waals surface area contributed by atoms with E-state index in [0.29, 0.717) is 18.8 Å². The summed E-state index contributed by atoms with van der Waals surface area (Å²) >= 11 is 0. The lowest BCUT2D eigenvalue weighted by Crippen LogP contribution is -2.45. The third-order valence-electron chi connectivity index (χ3n) is 4.98. The minimum Gasteiger partial charge on any atom is -0.458 e. The summed E-state index contributed by atoms with van der Waals surface area (Å²) in [7, 11) is -1.50. The number of carbonyl (C=O) groups excluding carboxylic acids is 1. The molecule has 0 aromatic heterocycles. The third-order valence-corrected chi connectivity index (χ3v) is 5.90. The van der Waals surface area contributed by atoms with Gasteiger partial charge in [0.25, 0.3) is 0 Å². The molecule has 0 amide bonds. The molecular weight excluding hydrogens is 328 g/mol. The molecule has 0 aromatic rings. The van der Waals surface area contributed by atoms with E-state index in [9.17, 15) is 4.79 Å². The predicted octanol–water partition coefficient (Wildman–Crippen LogP) is 4.87. The molecule has 0 aromatic carbocycles. The van der Waals surface area contributed by atoms with Crippen LogP contribution < -0.4 is 0 Å². The summed E-state index contributed by atoms with van der Waals surface area (Å²) in [6.07, 6.45) is 7.36. The first kappa shape index (κ1) is 20.3. The van der Waals surface area contributed by atoms with Gasteiger partial charge in [0.05, 0.1) is 5.60 Å². The molecule has 1 aliphatic heterocycles. The third kappa shape index (κ3) is 4.77. The summed E-state index contributed by atoms with van der Waals surface area (Å²) in [6, 6.07) is 0. The van der Waals surface area contributed by atoms with E-state index in [-0.39, 0.29) is 5.97 Å². The van der Waals surface area contributed by atoms with Crippen LogP contribution in [0.15, 0.2) is 12.7 Å². The fraction of sp³-hybridized carbons (Fsp3) is 0.762. The van der Waals surface area contributed by atoms with E-state index in [4.69, 9.17) is 9.47 Å². The zero-order chi connectivity index (χ0) is 18.9. The lowest BCUT2D eigenvalue weighted by atomic mass is 9.74. The van der Waals surface area contributed by atoms with Gasteiger partial charge in [-0.2, -0.15) is 0 Å². The summed E-state index contributed by atoms with van der Waals surface area (Å²) in [5, 5.41) is 0. The van der Waals surface area contributed by atoms with Gasteiger partial charge >= 0.3 is 5.97 Å². The van der Waals surface area contributed by atoms with Crippen molar-refractivity contribution in [3.63, 3.8) is 0 Å². The van der Waals surface area contributed by atoms with Gasteiger partial charge in [-0.1, -0.05) is 38.6 Å². The van der Waals surface area contributed by atoms with Crippen LogP contribution in [0.4, 0.5) is 0 Å². The molecule has 0 bridgehead atoms. The number of hydrogen-bond acceptors (Lipinski definition) is 3. The van der Waals surface area contributed by atoms with E-state index in [2.05, 4.69) is 37.7 Å². The van der Waals surface area contributed by atoms with Crippen LogP contribution in [0.3, 0.4) is 0 Å². The van der Waals surface area contributed by atoms with Crippen LogP contribution >= 0.6 is 0 Å². The molecule has 1 heterocycles. The van der Waals surface area contributed by atoms with Gasteiger partial charge in [0.1, 0.15) is 13.7 Å². The highest BCUT2D eigenvalue weighted by Gasteiger charge is 2.59. The summed E-state index contributed by atoms with van der Waals surface area (Å²) in [4.78, 5) is 13.1. The van der Waals surface area contributed by atoms with Crippen LogP contribution in [0.5, 0.6) is 0 Å². The van der Waals surface area contributed by atoms with Gasteiger partial charge in [-0.3, -0.25) is 0 Å². The van der Waals surface area contributed by atoms with E-state index in [0.717, 1.165) is 19.3 Å². The monoisotopic (exact) mass is 362 g/mol. The molecule has 0 spiro atoms. The van der Waals surface area contributed by atoms with Crippen molar-refractivity contribution in [1.29, 1.82) is 0 Å². The van der Waals surface area contributed by atoms with E-state index in [1.807, 2.05) is 26.8 Å². The fourth-order valence-electron chi connectivity index (χ4n) is 3.89. The SMILES string of the molecule is C=C[C@@]12CCCC[C@@H]1C[C@@](CC#C[Si](C)(C)C)(C(=O)OC(C)(C)C)O2. The van der Waals surface area contributed by atoms with Gasteiger partial charge in [-0.05, 0) is 46.0 Å².